The van der Waals surface area contributed by atoms with Crippen molar-refractivity contribution in [1.82, 2.24) is 10.3 Å². The van der Waals surface area contributed by atoms with E-state index in [1.165, 1.54) is 0 Å². The fraction of sp³-hybridized carbons (Fsp3) is 0.333. The summed E-state index contributed by atoms with van der Waals surface area (Å²) in [6, 6.07) is 11.0. The summed E-state index contributed by atoms with van der Waals surface area (Å²) in [6.45, 7) is 1.56. The van der Waals surface area contributed by atoms with Crippen molar-refractivity contribution in [2.24, 2.45) is 0 Å². The van der Waals surface area contributed by atoms with E-state index < -0.39 is 0 Å². The highest BCUT2D eigenvalue weighted by Crippen LogP contribution is 2.20. The predicted octanol–water partition coefficient (Wildman–Crippen LogP) is 2.19. The summed E-state index contributed by atoms with van der Waals surface area (Å²) in [4.78, 5) is 16.7. The SMILES string of the molecule is COc1ccccc1CNC(=O)c1cccnc1O[C@@H]1CCOC1. The minimum atomic E-state index is -0.233. The third kappa shape index (κ3) is 3.83. The Balaban J connectivity index is 1.68. The first-order valence-electron chi connectivity index (χ1n) is 7.87. The highest BCUT2D eigenvalue weighted by molar-refractivity contribution is 5.96. The van der Waals surface area contributed by atoms with Crippen LogP contribution in [0.15, 0.2) is 42.6 Å². The van der Waals surface area contributed by atoms with Crippen LogP contribution in [0.4, 0.5) is 0 Å². The zero-order valence-electron chi connectivity index (χ0n) is 13.5. The summed E-state index contributed by atoms with van der Waals surface area (Å²) in [5.74, 6) is 0.844. The normalized spacial score (nSPS) is 16.6. The van der Waals surface area contributed by atoms with E-state index in [4.69, 9.17) is 14.2 Å². The van der Waals surface area contributed by atoms with Crippen molar-refractivity contribution >= 4 is 5.91 Å². The number of para-hydroxylation sites is 1. The van der Waals surface area contributed by atoms with Gasteiger partial charge in [0.1, 0.15) is 17.4 Å². The van der Waals surface area contributed by atoms with Gasteiger partial charge in [0.25, 0.3) is 5.91 Å². The number of carbonyl (C=O) groups is 1. The van der Waals surface area contributed by atoms with Crippen molar-refractivity contribution in [2.75, 3.05) is 20.3 Å². The van der Waals surface area contributed by atoms with Gasteiger partial charge in [-0.3, -0.25) is 4.79 Å². The summed E-state index contributed by atoms with van der Waals surface area (Å²) in [5, 5.41) is 2.89. The van der Waals surface area contributed by atoms with E-state index in [1.54, 1.807) is 25.4 Å². The van der Waals surface area contributed by atoms with Gasteiger partial charge in [-0.05, 0) is 18.2 Å². The lowest BCUT2D eigenvalue weighted by Crippen LogP contribution is -2.25. The van der Waals surface area contributed by atoms with Gasteiger partial charge >= 0.3 is 0 Å². The van der Waals surface area contributed by atoms with Crippen LogP contribution < -0.4 is 14.8 Å². The Morgan fingerprint density at radius 2 is 2.21 bits per heavy atom. The minimum absolute atomic E-state index is 0.0549. The molecule has 126 valence electrons. The van der Waals surface area contributed by atoms with E-state index in [-0.39, 0.29) is 12.0 Å². The number of ether oxygens (including phenoxy) is 3. The molecule has 1 atom stereocenters. The number of aromatic nitrogens is 1. The van der Waals surface area contributed by atoms with Gasteiger partial charge in [0.05, 0.1) is 20.3 Å². The van der Waals surface area contributed by atoms with E-state index in [0.717, 1.165) is 17.7 Å². The maximum Gasteiger partial charge on any atom is 0.257 e. The number of carbonyl (C=O) groups excluding carboxylic acids is 1. The first-order valence-corrected chi connectivity index (χ1v) is 7.87. The molecule has 0 unspecified atom stereocenters. The number of rotatable bonds is 6. The molecule has 1 N–H and O–H groups in total. The molecule has 6 nitrogen and oxygen atoms in total. The van der Waals surface area contributed by atoms with Crippen LogP contribution in [0.5, 0.6) is 11.6 Å². The first-order chi connectivity index (χ1) is 11.8. The molecule has 1 saturated heterocycles. The average Bonchev–Trinajstić information content (AvgIpc) is 3.13. The second-order valence-electron chi connectivity index (χ2n) is 5.45. The monoisotopic (exact) mass is 328 g/mol. The Morgan fingerprint density at radius 1 is 1.33 bits per heavy atom. The number of hydrogen-bond acceptors (Lipinski definition) is 5. The molecule has 1 aromatic carbocycles. The third-order valence-corrected chi connectivity index (χ3v) is 3.81. The van der Waals surface area contributed by atoms with E-state index in [0.29, 0.717) is 31.2 Å². The van der Waals surface area contributed by atoms with Crippen LogP contribution in [-0.4, -0.2) is 37.3 Å². The molecule has 1 aromatic heterocycles. The van der Waals surface area contributed by atoms with Crippen LogP contribution in [0.3, 0.4) is 0 Å². The summed E-state index contributed by atoms with van der Waals surface area (Å²) < 4.78 is 16.4. The number of pyridine rings is 1. The first kappa shape index (κ1) is 16.3. The van der Waals surface area contributed by atoms with Crippen molar-refractivity contribution in [3.8, 4) is 11.6 Å². The molecule has 2 heterocycles. The van der Waals surface area contributed by atoms with E-state index in [1.807, 2.05) is 24.3 Å². The molecule has 1 aliphatic rings. The standard InChI is InChI=1S/C18H20N2O4/c1-22-16-7-3-2-5-13(16)11-20-17(21)15-6-4-9-19-18(15)24-14-8-10-23-12-14/h2-7,9,14H,8,10-12H2,1H3,(H,20,21)/t14-/m1/s1. The molecule has 0 saturated carbocycles. The van der Waals surface area contributed by atoms with Gasteiger partial charge in [0.2, 0.25) is 5.88 Å². The van der Waals surface area contributed by atoms with Crippen molar-refractivity contribution in [1.29, 1.82) is 0 Å². The zero-order chi connectivity index (χ0) is 16.8. The smallest absolute Gasteiger partial charge is 0.257 e. The maximum absolute atomic E-state index is 12.5. The Kier molecular flexibility index (Phi) is 5.28. The Hall–Kier alpha value is -2.60. The Labute approximate surface area is 140 Å². The van der Waals surface area contributed by atoms with Crippen LogP contribution in [-0.2, 0) is 11.3 Å². The van der Waals surface area contributed by atoms with Crippen LogP contribution in [0.2, 0.25) is 0 Å². The molecule has 1 fully saturated rings. The van der Waals surface area contributed by atoms with Crippen LogP contribution in [0.25, 0.3) is 0 Å². The molecule has 2 aromatic rings. The Morgan fingerprint density at radius 3 is 3.00 bits per heavy atom. The van der Waals surface area contributed by atoms with E-state index in [9.17, 15) is 4.79 Å². The molecule has 1 aliphatic heterocycles. The lowest BCUT2D eigenvalue weighted by Gasteiger charge is -2.14. The van der Waals surface area contributed by atoms with Gasteiger partial charge in [0.15, 0.2) is 0 Å². The van der Waals surface area contributed by atoms with Crippen LogP contribution in [0, 0.1) is 0 Å². The lowest BCUT2D eigenvalue weighted by atomic mass is 10.2. The topological polar surface area (TPSA) is 69.7 Å². The van der Waals surface area contributed by atoms with Gasteiger partial charge in [-0.15, -0.1) is 0 Å². The van der Waals surface area contributed by atoms with Gasteiger partial charge in [-0.2, -0.15) is 0 Å². The molecule has 3 rings (SSSR count). The maximum atomic E-state index is 12.5. The van der Waals surface area contributed by atoms with Crippen molar-refractivity contribution < 1.29 is 19.0 Å². The number of nitrogens with zero attached hydrogens (tertiary/aromatic N) is 1. The van der Waals surface area contributed by atoms with Crippen molar-refractivity contribution in [2.45, 2.75) is 19.1 Å². The largest absolute Gasteiger partial charge is 0.496 e. The molecular formula is C18H20N2O4. The second-order valence-corrected chi connectivity index (χ2v) is 5.45. The number of methoxy groups -OCH3 is 1. The molecule has 0 spiro atoms. The number of amides is 1. The number of benzene rings is 1. The van der Waals surface area contributed by atoms with Crippen molar-refractivity contribution in [3.05, 3.63) is 53.7 Å². The molecule has 0 radical (unpaired) electrons. The average molecular weight is 328 g/mol. The quantitative estimate of drug-likeness (QED) is 0.880. The number of hydrogen-bond donors (Lipinski definition) is 1. The molecule has 0 aliphatic carbocycles. The molecule has 0 bridgehead atoms. The number of nitrogens with one attached hydrogen (secondary N) is 1. The van der Waals surface area contributed by atoms with Crippen LogP contribution >= 0.6 is 0 Å². The highest BCUT2D eigenvalue weighted by atomic mass is 16.5. The summed E-state index contributed by atoms with van der Waals surface area (Å²) in [5.41, 5.74) is 1.32. The minimum Gasteiger partial charge on any atom is -0.496 e. The molecular weight excluding hydrogens is 308 g/mol. The van der Waals surface area contributed by atoms with Gasteiger partial charge in [0, 0.05) is 24.7 Å². The Bertz CT molecular complexity index is 699. The summed E-state index contributed by atoms with van der Waals surface area (Å²) >= 11 is 0. The molecule has 1 amide bonds. The summed E-state index contributed by atoms with van der Waals surface area (Å²) in [7, 11) is 1.61. The van der Waals surface area contributed by atoms with Crippen LogP contribution in [0.1, 0.15) is 22.3 Å². The van der Waals surface area contributed by atoms with Gasteiger partial charge in [-0.25, -0.2) is 4.98 Å². The molecule has 6 heteroatoms. The third-order valence-electron chi connectivity index (χ3n) is 3.81. The lowest BCUT2D eigenvalue weighted by molar-refractivity contribution is 0.0937. The highest BCUT2D eigenvalue weighted by Gasteiger charge is 2.21. The fourth-order valence-corrected chi connectivity index (χ4v) is 2.54. The fourth-order valence-electron chi connectivity index (χ4n) is 2.54. The molecule has 24 heavy (non-hydrogen) atoms. The van der Waals surface area contributed by atoms with E-state index in [2.05, 4.69) is 10.3 Å². The van der Waals surface area contributed by atoms with Crippen molar-refractivity contribution in [3.63, 3.8) is 0 Å². The van der Waals surface area contributed by atoms with Gasteiger partial charge in [-0.1, -0.05) is 18.2 Å². The van der Waals surface area contributed by atoms with Gasteiger partial charge < -0.3 is 19.5 Å². The summed E-state index contributed by atoms with van der Waals surface area (Å²) in [6.07, 6.45) is 2.36. The second kappa shape index (κ2) is 7.79. The van der Waals surface area contributed by atoms with E-state index >= 15 is 0 Å². The predicted molar refractivity (Wildman–Crippen MR) is 88.3 cm³/mol. The zero-order valence-corrected chi connectivity index (χ0v) is 13.5.